The Labute approximate surface area is 85.5 Å². The molecule has 0 radical (unpaired) electrons. The molecule has 0 unspecified atom stereocenters. The van der Waals surface area contributed by atoms with Gasteiger partial charge in [-0.3, -0.25) is 0 Å². The fourth-order valence-corrected chi connectivity index (χ4v) is 4.34. The van der Waals surface area contributed by atoms with Gasteiger partial charge < -0.3 is 5.73 Å². The van der Waals surface area contributed by atoms with E-state index in [0.29, 0.717) is 12.3 Å². The minimum absolute atomic E-state index is 0.0524. The molecule has 0 bridgehead atoms. The summed E-state index contributed by atoms with van der Waals surface area (Å²) >= 11 is 0. The number of hydrogen-bond acceptors (Lipinski definition) is 3. The number of nitrogens with two attached hydrogens (primary N) is 1. The van der Waals surface area contributed by atoms with Crippen molar-refractivity contribution in [3.05, 3.63) is 0 Å². The summed E-state index contributed by atoms with van der Waals surface area (Å²) in [7, 11) is -2.97. The average molecular weight is 218 g/mol. The van der Waals surface area contributed by atoms with Crippen LogP contribution in [0.5, 0.6) is 0 Å². The molecule has 1 aliphatic heterocycles. The molecule has 0 aromatic heterocycles. The maximum atomic E-state index is 11.7. The van der Waals surface area contributed by atoms with Crippen LogP contribution in [0, 0.1) is 0 Å². The van der Waals surface area contributed by atoms with Gasteiger partial charge in [-0.2, -0.15) is 4.31 Å². The van der Waals surface area contributed by atoms with Crippen LogP contribution in [0.15, 0.2) is 0 Å². The molecule has 1 saturated carbocycles. The zero-order chi connectivity index (χ0) is 10.2. The molecular formula is C9H18N2O2S. The molecule has 2 N–H and O–H groups in total. The summed E-state index contributed by atoms with van der Waals surface area (Å²) in [5, 5.41) is 0. The predicted octanol–water partition coefficient (Wildman–Crippen LogP) is 0.292. The maximum Gasteiger partial charge on any atom is 0.214 e. The van der Waals surface area contributed by atoms with E-state index in [-0.39, 0.29) is 12.1 Å². The third-order valence-electron chi connectivity index (χ3n) is 3.29. The molecule has 1 heterocycles. The lowest BCUT2D eigenvalue weighted by Crippen LogP contribution is -2.50. The van der Waals surface area contributed by atoms with Crippen LogP contribution in [-0.2, 0) is 10.0 Å². The van der Waals surface area contributed by atoms with Gasteiger partial charge >= 0.3 is 0 Å². The lowest BCUT2D eigenvalue weighted by molar-refractivity contribution is 0.236. The largest absolute Gasteiger partial charge is 0.326 e. The third-order valence-corrected chi connectivity index (χ3v) is 5.26. The van der Waals surface area contributed by atoms with Crippen molar-refractivity contribution in [3.8, 4) is 0 Å². The fourth-order valence-electron chi connectivity index (χ4n) is 2.53. The highest BCUT2D eigenvalue weighted by Crippen LogP contribution is 2.27. The van der Waals surface area contributed by atoms with Gasteiger partial charge in [0, 0.05) is 18.6 Å². The molecule has 1 aliphatic carbocycles. The van der Waals surface area contributed by atoms with E-state index in [2.05, 4.69) is 0 Å². The highest BCUT2D eigenvalue weighted by atomic mass is 32.2. The smallest absolute Gasteiger partial charge is 0.214 e. The van der Waals surface area contributed by atoms with Crippen molar-refractivity contribution in [3.63, 3.8) is 0 Å². The Morgan fingerprint density at radius 2 is 1.86 bits per heavy atom. The second-order valence-electron chi connectivity index (χ2n) is 4.30. The van der Waals surface area contributed by atoms with Crippen LogP contribution in [0.2, 0.25) is 0 Å². The van der Waals surface area contributed by atoms with Crippen molar-refractivity contribution < 1.29 is 8.42 Å². The van der Waals surface area contributed by atoms with Crippen molar-refractivity contribution in [1.29, 1.82) is 0 Å². The molecule has 0 spiro atoms. The normalized spacial score (nSPS) is 38.6. The fraction of sp³-hybridized carbons (Fsp3) is 1.00. The Hall–Kier alpha value is -0.130. The highest BCUT2D eigenvalue weighted by molar-refractivity contribution is 7.89. The lowest BCUT2D eigenvalue weighted by Gasteiger charge is -2.34. The van der Waals surface area contributed by atoms with Crippen molar-refractivity contribution in [2.24, 2.45) is 5.73 Å². The van der Waals surface area contributed by atoms with E-state index in [1.807, 2.05) is 0 Å². The monoisotopic (exact) mass is 218 g/mol. The van der Waals surface area contributed by atoms with E-state index in [0.717, 1.165) is 32.1 Å². The molecule has 1 saturated heterocycles. The summed E-state index contributed by atoms with van der Waals surface area (Å²) in [5.41, 5.74) is 5.97. The minimum Gasteiger partial charge on any atom is -0.326 e. The van der Waals surface area contributed by atoms with E-state index in [1.54, 1.807) is 4.31 Å². The summed E-state index contributed by atoms with van der Waals surface area (Å²) in [5.74, 6) is 0.316. The van der Waals surface area contributed by atoms with Crippen LogP contribution in [0.3, 0.4) is 0 Å². The Balaban J connectivity index is 2.13. The van der Waals surface area contributed by atoms with Gasteiger partial charge in [0.25, 0.3) is 0 Å². The van der Waals surface area contributed by atoms with Crippen LogP contribution in [0.4, 0.5) is 0 Å². The quantitative estimate of drug-likeness (QED) is 0.688. The van der Waals surface area contributed by atoms with Crippen molar-refractivity contribution >= 4 is 10.0 Å². The first-order chi connectivity index (χ1) is 6.61. The molecule has 2 atom stereocenters. The van der Waals surface area contributed by atoms with E-state index in [4.69, 9.17) is 5.73 Å². The Bertz CT molecular complexity index is 302. The first kappa shape index (κ1) is 10.4. The van der Waals surface area contributed by atoms with Gasteiger partial charge in [0.15, 0.2) is 0 Å². The Morgan fingerprint density at radius 1 is 1.14 bits per heavy atom. The van der Waals surface area contributed by atoms with Crippen molar-refractivity contribution in [2.75, 3.05) is 12.3 Å². The molecule has 0 aromatic carbocycles. The summed E-state index contributed by atoms with van der Waals surface area (Å²) in [6.07, 6.45) is 4.94. The standard InChI is InChI=1S/C9H18N2O2S/c10-8-4-1-2-5-9(8)11-6-3-7-14(11,12)13/h8-9H,1-7,10H2/t8-,9-/m1/s1. The number of hydrogen-bond donors (Lipinski definition) is 1. The molecule has 0 amide bonds. The average Bonchev–Trinajstić information content (AvgIpc) is 2.46. The van der Waals surface area contributed by atoms with Crippen molar-refractivity contribution in [2.45, 2.75) is 44.2 Å². The highest BCUT2D eigenvalue weighted by Gasteiger charge is 2.37. The van der Waals surface area contributed by atoms with Crippen molar-refractivity contribution in [1.82, 2.24) is 4.31 Å². The zero-order valence-corrected chi connectivity index (χ0v) is 9.17. The van der Waals surface area contributed by atoms with Gasteiger partial charge in [0.05, 0.1) is 5.75 Å². The molecule has 82 valence electrons. The second kappa shape index (κ2) is 3.79. The summed E-state index contributed by atoms with van der Waals surface area (Å²) < 4.78 is 25.0. The van der Waals surface area contributed by atoms with Gasteiger partial charge in [-0.25, -0.2) is 8.42 Å². The second-order valence-corrected chi connectivity index (χ2v) is 6.34. The molecule has 14 heavy (non-hydrogen) atoms. The first-order valence-corrected chi connectivity index (χ1v) is 6.97. The molecule has 4 nitrogen and oxygen atoms in total. The van der Waals surface area contributed by atoms with Gasteiger partial charge in [-0.05, 0) is 19.3 Å². The van der Waals surface area contributed by atoms with E-state index in [1.165, 1.54) is 0 Å². The van der Waals surface area contributed by atoms with Gasteiger partial charge in [0.1, 0.15) is 0 Å². The van der Waals surface area contributed by atoms with E-state index in [9.17, 15) is 8.42 Å². The SMILES string of the molecule is N[C@@H]1CCCC[C@H]1N1CCCS1(=O)=O. The zero-order valence-electron chi connectivity index (χ0n) is 8.35. The Kier molecular flexibility index (Phi) is 2.81. The maximum absolute atomic E-state index is 11.7. The molecular weight excluding hydrogens is 200 g/mol. The lowest BCUT2D eigenvalue weighted by atomic mass is 9.91. The molecule has 2 aliphatic rings. The number of nitrogens with zero attached hydrogens (tertiary/aromatic N) is 1. The molecule has 0 aromatic rings. The summed E-state index contributed by atoms with van der Waals surface area (Å²) in [6.45, 7) is 0.681. The molecule has 5 heteroatoms. The van der Waals surface area contributed by atoms with E-state index >= 15 is 0 Å². The predicted molar refractivity (Wildman–Crippen MR) is 55.3 cm³/mol. The summed E-state index contributed by atoms with van der Waals surface area (Å²) in [4.78, 5) is 0. The van der Waals surface area contributed by atoms with E-state index < -0.39 is 10.0 Å². The topological polar surface area (TPSA) is 63.4 Å². The van der Waals surface area contributed by atoms with Gasteiger partial charge in [-0.15, -0.1) is 0 Å². The summed E-state index contributed by atoms with van der Waals surface area (Å²) in [6, 6.07) is 0.132. The van der Waals surface area contributed by atoms with Crippen LogP contribution in [0.1, 0.15) is 32.1 Å². The minimum atomic E-state index is -2.97. The van der Waals surface area contributed by atoms with Gasteiger partial charge in [-0.1, -0.05) is 12.8 Å². The Morgan fingerprint density at radius 3 is 2.43 bits per heavy atom. The number of rotatable bonds is 1. The molecule has 2 fully saturated rings. The first-order valence-electron chi connectivity index (χ1n) is 5.36. The van der Waals surface area contributed by atoms with Crippen LogP contribution >= 0.6 is 0 Å². The van der Waals surface area contributed by atoms with Crippen LogP contribution in [0.25, 0.3) is 0 Å². The third kappa shape index (κ3) is 1.81. The van der Waals surface area contributed by atoms with Gasteiger partial charge in [0.2, 0.25) is 10.0 Å². The van der Waals surface area contributed by atoms with Crippen LogP contribution in [-0.4, -0.2) is 37.1 Å². The number of sulfonamides is 1. The van der Waals surface area contributed by atoms with Crippen LogP contribution < -0.4 is 5.73 Å². The molecule has 2 rings (SSSR count).